The van der Waals surface area contributed by atoms with E-state index in [1.165, 1.54) is 10.9 Å². The summed E-state index contributed by atoms with van der Waals surface area (Å²) in [4.78, 5) is 36.3. The number of carbonyl (C=O) groups excluding carboxylic acids is 2. The van der Waals surface area contributed by atoms with E-state index in [0.717, 1.165) is 22.3 Å². The average Bonchev–Trinajstić information content (AvgIpc) is 3.41. The molecule has 1 heterocycles. The van der Waals surface area contributed by atoms with Crippen molar-refractivity contribution >= 4 is 18.0 Å². The fraction of sp³-hybridized carbons (Fsp3) is 0.308. The largest absolute Gasteiger partial charge is 0.479 e. The van der Waals surface area contributed by atoms with E-state index in [2.05, 4.69) is 40.0 Å². The Morgan fingerprint density at radius 3 is 2.29 bits per heavy atom. The second kappa shape index (κ2) is 10.4. The summed E-state index contributed by atoms with van der Waals surface area (Å²) in [5.74, 6) is -1.85. The predicted octanol–water partition coefficient (Wildman–Crippen LogP) is 3.23. The molecule has 1 aliphatic rings. The number of carboxylic acids is 1. The van der Waals surface area contributed by atoms with Gasteiger partial charge >= 0.3 is 12.1 Å². The number of alkyl carbamates (subject to hydrolysis) is 1. The number of aromatic nitrogens is 2. The van der Waals surface area contributed by atoms with Gasteiger partial charge < -0.3 is 20.5 Å². The summed E-state index contributed by atoms with van der Waals surface area (Å²) in [5.41, 5.74) is 4.96. The molecule has 3 N–H and O–H groups in total. The predicted molar refractivity (Wildman–Crippen MR) is 129 cm³/mol. The Kier molecular flexibility index (Phi) is 7.14. The number of hydrogen-bond donors (Lipinski definition) is 3. The number of amides is 2. The summed E-state index contributed by atoms with van der Waals surface area (Å²) in [6.07, 6.45) is 2.44. The monoisotopic (exact) mass is 476 g/mol. The first-order valence-electron chi connectivity index (χ1n) is 11.4. The highest BCUT2D eigenvalue weighted by atomic mass is 16.5. The van der Waals surface area contributed by atoms with Gasteiger partial charge in [0.1, 0.15) is 6.61 Å². The second-order valence-corrected chi connectivity index (χ2v) is 8.80. The van der Waals surface area contributed by atoms with Crippen molar-refractivity contribution in [3.8, 4) is 11.1 Å². The summed E-state index contributed by atoms with van der Waals surface area (Å²) in [7, 11) is 1.67. The number of fused-ring (bicyclic) bond motifs is 3. The number of carbonyl (C=O) groups is 3. The molecule has 0 saturated heterocycles. The van der Waals surface area contributed by atoms with Crippen molar-refractivity contribution in [3.63, 3.8) is 0 Å². The van der Waals surface area contributed by atoms with Crippen LogP contribution in [0.3, 0.4) is 0 Å². The Hall–Kier alpha value is -4.14. The van der Waals surface area contributed by atoms with Gasteiger partial charge in [0.05, 0.1) is 6.20 Å². The molecule has 2 aromatic carbocycles. The lowest BCUT2D eigenvalue weighted by Gasteiger charge is -2.17. The van der Waals surface area contributed by atoms with Crippen LogP contribution in [-0.4, -0.2) is 46.0 Å². The van der Waals surface area contributed by atoms with E-state index in [4.69, 9.17) is 4.74 Å². The Labute approximate surface area is 203 Å². The minimum atomic E-state index is -1.18. The van der Waals surface area contributed by atoms with E-state index in [9.17, 15) is 19.5 Å². The molecule has 182 valence electrons. The molecule has 4 rings (SSSR count). The van der Waals surface area contributed by atoms with E-state index in [-0.39, 0.29) is 31.4 Å². The van der Waals surface area contributed by atoms with E-state index in [0.29, 0.717) is 5.56 Å². The number of aryl methyl sites for hydroxylation is 1. The second-order valence-electron chi connectivity index (χ2n) is 8.80. The van der Waals surface area contributed by atoms with Gasteiger partial charge in [-0.3, -0.25) is 9.48 Å². The zero-order valence-corrected chi connectivity index (χ0v) is 19.6. The van der Waals surface area contributed by atoms with Crippen molar-refractivity contribution in [2.75, 3.05) is 13.2 Å². The lowest BCUT2D eigenvalue weighted by atomic mass is 9.98. The van der Waals surface area contributed by atoms with Crippen LogP contribution >= 0.6 is 0 Å². The van der Waals surface area contributed by atoms with E-state index in [1.807, 2.05) is 24.3 Å². The number of benzene rings is 2. The number of nitrogens with one attached hydrogen (secondary N) is 2. The number of rotatable bonds is 9. The Balaban J connectivity index is 1.25. The fourth-order valence-corrected chi connectivity index (χ4v) is 4.39. The molecule has 2 atom stereocenters. The van der Waals surface area contributed by atoms with Gasteiger partial charge in [0.15, 0.2) is 6.04 Å². The van der Waals surface area contributed by atoms with Crippen molar-refractivity contribution < 1.29 is 24.2 Å². The van der Waals surface area contributed by atoms with Crippen LogP contribution in [0, 0.1) is 5.92 Å². The highest BCUT2D eigenvalue weighted by Crippen LogP contribution is 2.44. The molecular weight excluding hydrogens is 448 g/mol. The molecule has 2 unspecified atom stereocenters. The fourth-order valence-electron chi connectivity index (χ4n) is 4.39. The Bertz CT molecular complexity index is 1190. The molecule has 0 aliphatic heterocycles. The Morgan fingerprint density at radius 1 is 1.09 bits per heavy atom. The molecule has 0 bridgehead atoms. The maximum Gasteiger partial charge on any atom is 0.407 e. The molecule has 0 saturated carbocycles. The summed E-state index contributed by atoms with van der Waals surface area (Å²) in [6, 6.07) is 15.0. The number of carboxylic acid groups (broad SMARTS) is 1. The van der Waals surface area contributed by atoms with Crippen molar-refractivity contribution in [2.24, 2.45) is 13.0 Å². The molecule has 35 heavy (non-hydrogen) atoms. The normalized spacial score (nSPS) is 13.9. The first kappa shape index (κ1) is 24.0. The zero-order chi connectivity index (χ0) is 24.9. The molecule has 1 aromatic heterocycles. The molecule has 3 aromatic rings. The van der Waals surface area contributed by atoms with Crippen molar-refractivity contribution in [1.29, 1.82) is 0 Å². The van der Waals surface area contributed by atoms with E-state index in [1.54, 1.807) is 20.2 Å². The van der Waals surface area contributed by atoms with Gasteiger partial charge in [-0.15, -0.1) is 0 Å². The number of ether oxygens (including phenoxy) is 1. The number of aliphatic carboxylic acids is 1. The van der Waals surface area contributed by atoms with Gasteiger partial charge in [0.2, 0.25) is 5.91 Å². The lowest BCUT2D eigenvalue weighted by Crippen LogP contribution is -2.36. The molecule has 2 amide bonds. The molecular formula is C26H28N4O5. The molecule has 9 heteroatoms. The van der Waals surface area contributed by atoms with Crippen molar-refractivity contribution in [3.05, 3.63) is 77.6 Å². The van der Waals surface area contributed by atoms with Crippen molar-refractivity contribution in [2.45, 2.75) is 25.3 Å². The third-order valence-corrected chi connectivity index (χ3v) is 6.08. The quantitative estimate of drug-likeness (QED) is 0.436. The van der Waals surface area contributed by atoms with Crippen LogP contribution < -0.4 is 10.6 Å². The molecule has 0 fully saturated rings. The maximum atomic E-state index is 12.4. The SMILES string of the molecule is CC(CNC(=O)OCC1c2ccccc2-c2ccccc21)CC(=O)NC(C(=O)O)c1cnn(C)c1. The summed E-state index contributed by atoms with van der Waals surface area (Å²) >= 11 is 0. The smallest absolute Gasteiger partial charge is 0.407 e. The van der Waals surface area contributed by atoms with Crippen LogP contribution in [0.25, 0.3) is 11.1 Å². The van der Waals surface area contributed by atoms with Gasteiger partial charge in [-0.05, 0) is 28.2 Å². The van der Waals surface area contributed by atoms with Gasteiger partial charge in [0.25, 0.3) is 0 Å². The van der Waals surface area contributed by atoms with Crippen LogP contribution in [0.5, 0.6) is 0 Å². The number of nitrogens with zero attached hydrogens (tertiary/aromatic N) is 2. The van der Waals surface area contributed by atoms with Crippen LogP contribution in [0.1, 0.15) is 42.0 Å². The van der Waals surface area contributed by atoms with Crippen molar-refractivity contribution in [1.82, 2.24) is 20.4 Å². The minimum absolute atomic E-state index is 0.0308. The van der Waals surface area contributed by atoms with E-state index >= 15 is 0 Å². The van der Waals surface area contributed by atoms with E-state index < -0.39 is 24.0 Å². The first-order chi connectivity index (χ1) is 16.8. The Morgan fingerprint density at radius 2 is 1.71 bits per heavy atom. The highest BCUT2D eigenvalue weighted by molar-refractivity contribution is 5.84. The van der Waals surface area contributed by atoms with Gasteiger partial charge in [-0.1, -0.05) is 55.5 Å². The lowest BCUT2D eigenvalue weighted by molar-refractivity contribution is -0.142. The molecule has 9 nitrogen and oxygen atoms in total. The molecule has 0 radical (unpaired) electrons. The third kappa shape index (κ3) is 5.51. The molecule has 1 aliphatic carbocycles. The van der Waals surface area contributed by atoms with Crippen LogP contribution in [0.2, 0.25) is 0 Å². The standard InChI is InChI=1S/C26H28N4O5/c1-16(11-23(31)29-24(25(32)33)17-13-28-30(2)14-17)12-27-26(34)35-15-22-20-9-5-3-7-18(20)19-8-4-6-10-21(19)22/h3-10,13-14,16,22,24H,11-12,15H2,1-2H3,(H,27,34)(H,29,31)(H,32,33). The summed E-state index contributed by atoms with van der Waals surface area (Å²) in [6.45, 7) is 2.22. The topological polar surface area (TPSA) is 123 Å². The zero-order valence-electron chi connectivity index (χ0n) is 19.6. The summed E-state index contributed by atoms with van der Waals surface area (Å²) in [5, 5.41) is 18.6. The number of hydrogen-bond acceptors (Lipinski definition) is 5. The first-order valence-corrected chi connectivity index (χ1v) is 11.4. The van der Waals surface area contributed by atoms with Crippen LogP contribution in [0.15, 0.2) is 60.9 Å². The van der Waals surface area contributed by atoms with Gasteiger partial charge in [0, 0.05) is 37.7 Å². The van der Waals surface area contributed by atoms with Gasteiger partial charge in [-0.25, -0.2) is 9.59 Å². The minimum Gasteiger partial charge on any atom is -0.479 e. The van der Waals surface area contributed by atoms with Crippen LogP contribution in [0.4, 0.5) is 4.79 Å². The molecule has 0 spiro atoms. The van der Waals surface area contributed by atoms with Gasteiger partial charge in [-0.2, -0.15) is 5.10 Å². The third-order valence-electron chi connectivity index (χ3n) is 6.08. The highest BCUT2D eigenvalue weighted by Gasteiger charge is 2.29. The van der Waals surface area contributed by atoms with Crippen LogP contribution in [-0.2, 0) is 21.4 Å². The average molecular weight is 477 g/mol. The maximum absolute atomic E-state index is 12.4. The summed E-state index contributed by atoms with van der Waals surface area (Å²) < 4.78 is 6.98.